The van der Waals surface area contributed by atoms with Crippen molar-refractivity contribution < 1.29 is 23.9 Å². The molecule has 0 aliphatic heterocycles. The number of nitrogens with one attached hydrogen (secondary N) is 2. The predicted octanol–water partition coefficient (Wildman–Crippen LogP) is 5.46. The molecule has 33 heavy (non-hydrogen) atoms. The van der Waals surface area contributed by atoms with Crippen LogP contribution in [0.1, 0.15) is 38.1 Å². The molecule has 0 atom stereocenters. The molecular weight excluding hydrogens is 464 g/mol. The van der Waals surface area contributed by atoms with Crippen LogP contribution in [-0.4, -0.2) is 31.0 Å². The van der Waals surface area contributed by atoms with Gasteiger partial charge in [-0.3, -0.25) is 9.59 Å². The Balaban J connectivity index is 1.82. The number of rotatable bonds is 8. The molecule has 7 nitrogen and oxygen atoms in total. The van der Waals surface area contributed by atoms with Gasteiger partial charge in [-0.1, -0.05) is 35.9 Å². The molecule has 172 valence electrons. The summed E-state index contributed by atoms with van der Waals surface area (Å²) in [5, 5.41) is 6.19. The van der Waals surface area contributed by atoms with Gasteiger partial charge in [0.1, 0.15) is 10.8 Å². The Morgan fingerprint density at radius 2 is 1.76 bits per heavy atom. The normalized spacial score (nSPS) is 10.4. The van der Waals surface area contributed by atoms with Crippen LogP contribution in [0, 0.1) is 13.8 Å². The molecule has 3 rings (SSSR count). The molecule has 2 N–H and O–H groups in total. The fourth-order valence-electron chi connectivity index (χ4n) is 2.95. The maximum atomic E-state index is 12.9. The number of hydrogen-bond donors (Lipinski definition) is 2. The summed E-state index contributed by atoms with van der Waals surface area (Å²) in [7, 11) is 0. The van der Waals surface area contributed by atoms with Gasteiger partial charge in [0.15, 0.2) is 6.61 Å². The van der Waals surface area contributed by atoms with Crippen molar-refractivity contribution in [3.05, 3.63) is 75.1 Å². The standard InChI is InChI=1S/C24H23ClN2O5S/c1-4-31-24(30)20-15(3)21(22(29)26-16-11-10-14(2)18(25)12-16)33-23(20)27-19(28)13-32-17-8-6-5-7-9-17/h5-12H,4,13H2,1-3H3,(H,26,29)(H,27,28). The number of carbonyl (C=O) groups excluding carboxylic acids is 3. The average Bonchev–Trinajstić information content (AvgIpc) is 3.11. The van der Waals surface area contributed by atoms with Gasteiger partial charge in [0.05, 0.1) is 17.0 Å². The number of hydrogen-bond acceptors (Lipinski definition) is 6. The summed E-state index contributed by atoms with van der Waals surface area (Å²) in [6.45, 7) is 5.07. The number of ether oxygens (including phenoxy) is 2. The minimum Gasteiger partial charge on any atom is -0.484 e. The van der Waals surface area contributed by atoms with Crippen LogP contribution >= 0.6 is 22.9 Å². The van der Waals surface area contributed by atoms with E-state index in [4.69, 9.17) is 21.1 Å². The van der Waals surface area contributed by atoms with Crippen molar-refractivity contribution in [2.24, 2.45) is 0 Å². The minimum absolute atomic E-state index is 0.141. The largest absolute Gasteiger partial charge is 0.484 e. The van der Waals surface area contributed by atoms with Gasteiger partial charge in [0.25, 0.3) is 11.8 Å². The van der Waals surface area contributed by atoms with Gasteiger partial charge in [-0.15, -0.1) is 11.3 Å². The maximum absolute atomic E-state index is 12.9. The third kappa shape index (κ3) is 6.12. The summed E-state index contributed by atoms with van der Waals surface area (Å²) < 4.78 is 10.6. The van der Waals surface area contributed by atoms with E-state index in [0.29, 0.717) is 22.0 Å². The highest BCUT2D eigenvalue weighted by Gasteiger charge is 2.27. The molecule has 0 fully saturated rings. The van der Waals surface area contributed by atoms with Gasteiger partial charge < -0.3 is 20.1 Å². The number of benzene rings is 2. The summed E-state index contributed by atoms with van der Waals surface area (Å²) in [6, 6.07) is 14.1. The van der Waals surface area contributed by atoms with Gasteiger partial charge in [-0.05, 0) is 56.2 Å². The third-order valence-electron chi connectivity index (χ3n) is 4.63. The average molecular weight is 487 g/mol. The van der Waals surface area contributed by atoms with Crippen LogP contribution < -0.4 is 15.4 Å². The van der Waals surface area contributed by atoms with Crippen molar-refractivity contribution in [1.29, 1.82) is 0 Å². The van der Waals surface area contributed by atoms with Gasteiger partial charge in [0, 0.05) is 10.7 Å². The number of carbonyl (C=O) groups is 3. The Morgan fingerprint density at radius 1 is 1.03 bits per heavy atom. The molecule has 3 aromatic rings. The number of halogens is 1. The zero-order chi connectivity index (χ0) is 24.0. The van der Waals surface area contributed by atoms with E-state index in [1.807, 2.05) is 13.0 Å². The molecule has 1 aromatic heterocycles. The minimum atomic E-state index is -0.622. The molecule has 2 amide bonds. The van der Waals surface area contributed by atoms with Crippen LogP contribution in [0.15, 0.2) is 48.5 Å². The Kier molecular flexibility index (Phi) is 8.08. The number of anilines is 2. The molecule has 0 radical (unpaired) electrons. The van der Waals surface area contributed by atoms with Crippen LogP contribution in [0.2, 0.25) is 5.02 Å². The molecule has 1 heterocycles. The molecule has 0 bridgehead atoms. The van der Waals surface area contributed by atoms with Crippen LogP contribution in [0.5, 0.6) is 5.75 Å². The van der Waals surface area contributed by atoms with Crippen molar-refractivity contribution in [3.63, 3.8) is 0 Å². The van der Waals surface area contributed by atoms with Gasteiger partial charge in [-0.25, -0.2) is 4.79 Å². The van der Waals surface area contributed by atoms with E-state index in [0.717, 1.165) is 16.9 Å². The first kappa shape index (κ1) is 24.3. The zero-order valence-corrected chi connectivity index (χ0v) is 19.9. The van der Waals surface area contributed by atoms with Crippen LogP contribution in [-0.2, 0) is 9.53 Å². The Bertz CT molecular complexity index is 1180. The summed E-state index contributed by atoms with van der Waals surface area (Å²) >= 11 is 7.13. The van der Waals surface area contributed by atoms with Gasteiger partial charge in [-0.2, -0.15) is 0 Å². The van der Waals surface area contributed by atoms with Gasteiger partial charge >= 0.3 is 5.97 Å². The lowest BCUT2D eigenvalue weighted by molar-refractivity contribution is -0.118. The van der Waals surface area contributed by atoms with Crippen LogP contribution in [0.3, 0.4) is 0 Å². The first-order valence-electron chi connectivity index (χ1n) is 10.2. The molecule has 0 saturated heterocycles. The highest BCUT2D eigenvalue weighted by atomic mass is 35.5. The van der Waals surface area contributed by atoms with E-state index in [-0.39, 0.29) is 28.7 Å². The van der Waals surface area contributed by atoms with E-state index in [9.17, 15) is 14.4 Å². The van der Waals surface area contributed by atoms with Gasteiger partial charge in [0.2, 0.25) is 0 Å². The smallest absolute Gasteiger partial charge is 0.341 e. The number of amides is 2. The highest BCUT2D eigenvalue weighted by molar-refractivity contribution is 7.19. The maximum Gasteiger partial charge on any atom is 0.341 e. The number of aryl methyl sites for hydroxylation is 1. The summed E-state index contributed by atoms with van der Waals surface area (Å²) in [5.41, 5.74) is 1.95. The Labute approximate surface area is 200 Å². The summed E-state index contributed by atoms with van der Waals surface area (Å²) in [6.07, 6.45) is 0. The van der Waals surface area contributed by atoms with Crippen molar-refractivity contribution in [1.82, 2.24) is 0 Å². The Morgan fingerprint density at radius 3 is 2.42 bits per heavy atom. The van der Waals surface area contributed by atoms with Crippen molar-refractivity contribution in [2.75, 3.05) is 23.8 Å². The third-order valence-corrected chi connectivity index (χ3v) is 6.24. The number of esters is 1. The van der Waals surface area contributed by atoms with Crippen LogP contribution in [0.4, 0.5) is 10.7 Å². The van der Waals surface area contributed by atoms with E-state index >= 15 is 0 Å². The monoisotopic (exact) mass is 486 g/mol. The fourth-order valence-corrected chi connectivity index (χ4v) is 4.24. The van der Waals surface area contributed by atoms with Crippen molar-refractivity contribution in [3.8, 4) is 5.75 Å². The molecule has 0 aliphatic rings. The zero-order valence-electron chi connectivity index (χ0n) is 18.4. The summed E-state index contributed by atoms with van der Waals surface area (Å²) in [4.78, 5) is 38.3. The topological polar surface area (TPSA) is 93.7 Å². The lowest BCUT2D eigenvalue weighted by atomic mass is 10.1. The number of para-hydroxylation sites is 1. The highest BCUT2D eigenvalue weighted by Crippen LogP contribution is 2.34. The second kappa shape index (κ2) is 11.0. The lowest BCUT2D eigenvalue weighted by Gasteiger charge is -2.08. The van der Waals surface area contributed by atoms with E-state index in [2.05, 4.69) is 10.6 Å². The molecular formula is C24H23ClN2O5S. The lowest BCUT2D eigenvalue weighted by Crippen LogP contribution is -2.21. The molecule has 2 aromatic carbocycles. The molecule has 0 aliphatic carbocycles. The van der Waals surface area contributed by atoms with E-state index in [1.54, 1.807) is 56.3 Å². The SMILES string of the molecule is CCOC(=O)c1c(NC(=O)COc2ccccc2)sc(C(=O)Nc2ccc(C)c(Cl)c2)c1C. The Hall–Kier alpha value is -3.36. The second-order valence-corrected chi connectivity index (χ2v) is 8.48. The molecule has 9 heteroatoms. The fraction of sp³-hybridized carbons (Fsp3) is 0.208. The number of thiophene rings is 1. The molecule has 0 unspecified atom stereocenters. The van der Waals surface area contributed by atoms with E-state index < -0.39 is 17.8 Å². The van der Waals surface area contributed by atoms with Crippen LogP contribution in [0.25, 0.3) is 0 Å². The van der Waals surface area contributed by atoms with Crippen molar-refractivity contribution in [2.45, 2.75) is 20.8 Å². The first-order valence-corrected chi connectivity index (χ1v) is 11.3. The summed E-state index contributed by atoms with van der Waals surface area (Å²) in [5.74, 6) is -0.979. The first-order chi connectivity index (χ1) is 15.8. The second-order valence-electron chi connectivity index (χ2n) is 7.05. The molecule has 0 saturated carbocycles. The van der Waals surface area contributed by atoms with Crippen molar-refractivity contribution >= 4 is 51.4 Å². The predicted molar refractivity (Wildman–Crippen MR) is 130 cm³/mol. The molecule has 0 spiro atoms. The van der Waals surface area contributed by atoms with E-state index in [1.165, 1.54) is 0 Å². The quantitative estimate of drug-likeness (QED) is 0.412.